The maximum absolute atomic E-state index is 9.89. The van der Waals surface area contributed by atoms with Gasteiger partial charge in [-0.1, -0.05) is 23.7 Å². The van der Waals surface area contributed by atoms with Gasteiger partial charge in [0.1, 0.15) is 6.10 Å². The molecule has 1 atom stereocenters. The highest BCUT2D eigenvalue weighted by atomic mass is 35.5. The maximum atomic E-state index is 9.89. The van der Waals surface area contributed by atoms with Crippen LogP contribution in [-0.2, 0) is 0 Å². The summed E-state index contributed by atoms with van der Waals surface area (Å²) in [6, 6.07) is 8.86. The van der Waals surface area contributed by atoms with Gasteiger partial charge in [0.25, 0.3) is 0 Å². The van der Waals surface area contributed by atoms with Gasteiger partial charge < -0.3 is 9.52 Å². The second-order valence-electron chi connectivity index (χ2n) is 3.01. The molecule has 0 amide bonds. The van der Waals surface area contributed by atoms with Crippen molar-refractivity contribution in [3.63, 3.8) is 0 Å². The molecule has 2 aromatic rings. The molecule has 0 radical (unpaired) electrons. The first-order valence-electron chi connectivity index (χ1n) is 4.23. The first kappa shape index (κ1) is 9.31. The van der Waals surface area contributed by atoms with Gasteiger partial charge in [-0.2, -0.15) is 0 Å². The molecule has 0 aliphatic carbocycles. The summed E-state index contributed by atoms with van der Waals surface area (Å²) in [6.45, 7) is 0. The minimum atomic E-state index is -0.674. The van der Waals surface area contributed by atoms with Gasteiger partial charge in [0.05, 0.1) is 12.5 Å². The molecule has 0 aliphatic heterocycles. The number of benzene rings is 1. The van der Waals surface area contributed by atoms with Crippen LogP contribution < -0.4 is 0 Å². The molecule has 0 saturated carbocycles. The monoisotopic (exact) mass is 208 g/mol. The van der Waals surface area contributed by atoms with Crippen molar-refractivity contribution in [2.45, 2.75) is 6.10 Å². The van der Waals surface area contributed by atoms with E-state index in [9.17, 15) is 5.11 Å². The van der Waals surface area contributed by atoms with E-state index in [2.05, 4.69) is 0 Å². The standard InChI is InChI=1S/C11H9ClO2/c12-10-3-1-2-8(6-10)11(13)9-4-5-14-7-9/h1-7,11,13H/t11-/m0/s1. The molecule has 1 N–H and O–H groups in total. The van der Waals surface area contributed by atoms with Crippen molar-refractivity contribution in [3.8, 4) is 0 Å². The Balaban J connectivity index is 2.32. The van der Waals surface area contributed by atoms with Crippen molar-refractivity contribution in [2.24, 2.45) is 0 Å². The molecule has 0 saturated heterocycles. The van der Waals surface area contributed by atoms with Crippen LogP contribution in [0.5, 0.6) is 0 Å². The molecule has 72 valence electrons. The second kappa shape index (κ2) is 3.86. The predicted octanol–water partition coefficient (Wildman–Crippen LogP) is 3.01. The fourth-order valence-corrected chi connectivity index (χ4v) is 1.50. The van der Waals surface area contributed by atoms with Gasteiger partial charge in [-0.3, -0.25) is 0 Å². The molecule has 0 fully saturated rings. The fraction of sp³-hybridized carbons (Fsp3) is 0.0909. The summed E-state index contributed by atoms with van der Waals surface area (Å²) >= 11 is 5.82. The maximum Gasteiger partial charge on any atom is 0.107 e. The molecule has 2 nitrogen and oxygen atoms in total. The normalized spacial score (nSPS) is 12.7. The van der Waals surface area contributed by atoms with E-state index in [0.717, 1.165) is 11.1 Å². The highest BCUT2D eigenvalue weighted by Crippen LogP contribution is 2.24. The molecule has 1 aromatic heterocycles. The van der Waals surface area contributed by atoms with Crippen LogP contribution >= 0.6 is 11.6 Å². The largest absolute Gasteiger partial charge is 0.472 e. The van der Waals surface area contributed by atoms with Crippen LogP contribution in [0.1, 0.15) is 17.2 Å². The molecule has 3 heteroatoms. The minimum Gasteiger partial charge on any atom is -0.472 e. The van der Waals surface area contributed by atoms with E-state index in [4.69, 9.17) is 16.0 Å². The smallest absolute Gasteiger partial charge is 0.107 e. The topological polar surface area (TPSA) is 33.4 Å². The predicted molar refractivity (Wildman–Crippen MR) is 54.2 cm³/mol. The Bertz CT molecular complexity index is 409. The molecule has 0 aliphatic rings. The van der Waals surface area contributed by atoms with E-state index in [1.54, 1.807) is 24.3 Å². The van der Waals surface area contributed by atoms with E-state index in [-0.39, 0.29) is 0 Å². The van der Waals surface area contributed by atoms with E-state index in [1.165, 1.54) is 12.5 Å². The summed E-state index contributed by atoms with van der Waals surface area (Å²) in [5, 5.41) is 10.5. The molecule has 0 spiro atoms. The van der Waals surface area contributed by atoms with Crippen LogP contribution in [0, 0.1) is 0 Å². The molecule has 14 heavy (non-hydrogen) atoms. The molecule has 0 unspecified atom stereocenters. The van der Waals surface area contributed by atoms with Crippen molar-refractivity contribution in [1.29, 1.82) is 0 Å². The number of furan rings is 1. The van der Waals surface area contributed by atoms with Crippen LogP contribution in [0.25, 0.3) is 0 Å². The Labute approximate surface area is 86.7 Å². The van der Waals surface area contributed by atoms with E-state index < -0.39 is 6.10 Å². The highest BCUT2D eigenvalue weighted by molar-refractivity contribution is 6.30. The van der Waals surface area contributed by atoms with Gasteiger partial charge in [-0.05, 0) is 23.8 Å². The number of aliphatic hydroxyl groups is 1. The van der Waals surface area contributed by atoms with Crippen molar-refractivity contribution in [3.05, 3.63) is 59.0 Å². The van der Waals surface area contributed by atoms with Crippen LogP contribution in [0.2, 0.25) is 5.02 Å². The lowest BCUT2D eigenvalue weighted by Gasteiger charge is -2.08. The summed E-state index contributed by atoms with van der Waals surface area (Å²) in [5.41, 5.74) is 1.49. The lowest BCUT2D eigenvalue weighted by molar-refractivity contribution is 0.219. The van der Waals surface area contributed by atoms with Gasteiger partial charge in [0.2, 0.25) is 0 Å². The van der Waals surface area contributed by atoms with Crippen molar-refractivity contribution in [2.75, 3.05) is 0 Å². The lowest BCUT2D eigenvalue weighted by atomic mass is 10.0. The number of hydrogen-bond donors (Lipinski definition) is 1. The second-order valence-corrected chi connectivity index (χ2v) is 3.45. The summed E-state index contributed by atoms with van der Waals surface area (Å²) < 4.78 is 4.89. The average molecular weight is 209 g/mol. The zero-order chi connectivity index (χ0) is 9.97. The van der Waals surface area contributed by atoms with Crippen molar-refractivity contribution < 1.29 is 9.52 Å². The number of halogens is 1. The molecular formula is C11H9ClO2. The van der Waals surface area contributed by atoms with Gasteiger partial charge in [0.15, 0.2) is 0 Å². The summed E-state index contributed by atoms with van der Waals surface area (Å²) in [4.78, 5) is 0. The number of hydrogen-bond acceptors (Lipinski definition) is 2. The Morgan fingerprint density at radius 2 is 2.07 bits per heavy atom. The highest BCUT2D eigenvalue weighted by Gasteiger charge is 2.11. The fourth-order valence-electron chi connectivity index (χ4n) is 1.30. The average Bonchev–Trinajstić information content (AvgIpc) is 2.69. The zero-order valence-electron chi connectivity index (χ0n) is 7.35. The van der Waals surface area contributed by atoms with Crippen LogP contribution in [-0.4, -0.2) is 5.11 Å². The Morgan fingerprint density at radius 3 is 2.71 bits per heavy atom. The molecule has 1 aromatic carbocycles. The third kappa shape index (κ3) is 1.81. The van der Waals surface area contributed by atoms with E-state index in [0.29, 0.717) is 5.02 Å². The first-order valence-corrected chi connectivity index (χ1v) is 4.61. The van der Waals surface area contributed by atoms with Crippen LogP contribution in [0.15, 0.2) is 47.3 Å². The van der Waals surface area contributed by atoms with E-state index in [1.807, 2.05) is 6.07 Å². The third-order valence-corrected chi connectivity index (χ3v) is 2.26. The van der Waals surface area contributed by atoms with Gasteiger partial charge in [-0.15, -0.1) is 0 Å². The van der Waals surface area contributed by atoms with Crippen LogP contribution in [0.4, 0.5) is 0 Å². The lowest BCUT2D eigenvalue weighted by Crippen LogP contribution is -1.97. The van der Waals surface area contributed by atoms with Gasteiger partial charge in [-0.25, -0.2) is 0 Å². The third-order valence-electron chi connectivity index (χ3n) is 2.02. The Kier molecular flexibility index (Phi) is 2.57. The molecule has 1 heterocycles. The molecule has 0 bridgehead atoms. The first-order chi connectivity index (χ1) is 6.77. The number of rotatable bonds is 2. The number of aliphatic hydroxyl groups excluding tert-OH is 1. The zero-order valence-corrected chi connectivity index (χ0v) is 8.11. The molecular weight excluding hydrogens is 200 g/mol. The Hall–Kier alpha value is -1.25. The van der Waals surface area contributed by atoms with E-state index >= 15 is 0 Å². The van der Waals surface area contributed by atoms with Crippen molar-refractivity contribution >= 4 is 11.6 Å². The quantitative estimate of drug-likeness (QED) is 0.823. The van der Waals surface area contributed by atoms with Crippen LogP contribution in [0.3, 0.4) is 0 Å². The minimum absolute atomic E-state index is 0.616. The summed E-state index contributed by atoms with van der Waals surface area (Å²) in [5.74, 6) is 0. The summed E-state index contributed by atoms with van der Waals surface area (Å²) in [7, 11) is 0. The Morgan fingerprint density at radius 1 is 1.21 bits per heavy atom. The summed E-state index contributed by atoms with van der Waals surface area (Å²) in [6.07, 6.45) is 2.38. The SMILES string of the molecule is O[C@H](c1ccoc1)c1cccc(Cl)c1. The van der Waals surface area contributed by atoms with Crippen molar-refractivity contribution in [1.82, 2.24) is 0 Å². The van der Waals surface area contributed by atoms with Gasteiger partial charge >= 0.3 is 0 Å². The van der Waals surface area contributed by atoms with Gasteiger partial charge in [0, 0.05) is 10.6 Å². The molecule has 2 rings (SSSR count).